The summed E-state index contributed by atoms with van der Waals surface area (Å²) >= 11 is 0. The highest BCUT2D eigenvalue weighted by Gasteiger charge is 2.13. The van der Waals surface area contributed by atoms with E-state index in [1.807, 2.05) is 37.3 Å². The number of aryl methyl sites for hydroxylation is 1. The standard InChI is InChI=1S/C19H19NO3/c1-13-2-4-16-15-5-3-14(12-20-6-8-22-9-7-20)11-17(15)19(21)23-18(16)10-13/h2-5,10-11H,6-9,12H2,1H3. The Morgan fingerprint density at radius 3 is 2.61 bits per heavy atom. The van der Waals surface area contributed by atoms with Crippen molar-refractivity contribution in [3.8, 4) is 0 Å². The molecule has 2 heterocycles. The smallest absolute Gasteiger partial charge is 0.344 e. The molecule has 4 heteroatoms. The van der Waals surface area contributed by atoms with E-state index in [4.69, 9.17) is 9.15 Å². The van der Waals surface area contributed by atoms with E-state index >= 15 is 0 Å². The molecular formula is C19H19NO3. The molecule has 23 heavy (non-hydrogen) atoms. The second-order valence-electron chi connectivity index (χ2n) is 6.16. The van der Waals surface area contributed by atoms with E-state index in [-0.39, 0.29) is 5.63 Å². The molecule has 0 amide bonds. The van der Waals surface area contributed by atoms with Crippen molar-refractivity contribution in [3.05, 3.63) is 57.9 Å². The zero-order chi connectivity index (χ0) is 15.8. The van der Waals surface area contributed by atoms with Gasteiger partial charge in [-0.1, -0.05) is 24.3 Å². The lowest BCUT2D eigenvalue weighted by Gasteiger charge is -2.26. The van der Waals surface area contributed by atoms with Gasteiger partial charge in [0, 0.05) is 25.0 Å². The molecule has 1 saturated heterocycles. The minimum atomic E-state index is -0.262. The van der Waals surface area contributed by atoms with Crippen LogP contribution < -0.4 is 5.63 Å². The highest BCUT2D eigenvalue weighted by molar-refractivity contribution is 6.04. The molecule has 2 aromatic carbocycles. The highest BCUT2D eigenvalue weighted by Crippen LogP contribution is 2.25. The summed E-state index contributed by atoms with van der Waals surface area (Å²) in [6, 6.07) is 12.1. The van der Waals surface area contributed by atoms with Gasteiger partial charge in [0.1, 0.15) is 5.58 Å². The first kappa shape index (κ1) is 14.4. The molecule has 118 valence electrons. The number of hydrogen-bond acceptors (Lipinski definition) is 4. The molecule has 4 rings (SSSR count). The van der Waals surface area contributed by atoms with Gasteiger partial charge < -0.3 is 9.15 Å². The lowest BCUT2D eigenvalue weighted by atomic mass is 10.0. The first-order valence-electron chi connectivity index (χ1n) is 7.97. The highest BCUT2D eigenvalue weighted by atomic mass is 16.5. The van der Waals surface area contributed by atoms with Crippen molar-refractivity contribution >= 4 is 21.7 Å². The fourth-order valence-electron chi connectivity index (χ4n) is 3.20. The van der Waals surface area contributed by atoms with E-state index in [0.717, 1.165) is 54.7 Å². The second kappa shape index (κ2) is 5.80. The molecule has 1 aliphatic rings. The number of fused-ring (bicyclic) bond motifs is 3. The van der Waals surface area contributed by atoms with Crippen LogP contribution in [0.4, 0.5) is 0 Å². The number of ether oxygens (including phenoxy) is 1. The molecule has 1 aliphatic heterocycles. The maximum atomic E-state index is 12.3. The second-order valence-corrected chi connectivity index (χ2v) is 6.16. The Balaban J connectivity index is 1.79. The van der Waals surface area contributed by atoms with Gasteiger partial charge in [0.05, 0.1) is 18.6 Å². The summed E-state index contributed by atoms with van der Waals surface area (Å²) in [4.78, 5) is 14.7. The normalized spacial score (nSPS) is 16.2. The lowest BCUT2D eigenvalue weighted by Crippen LogP contribution is -2.35. The summed E-state index contributed by atoms with van der Waals surface area (Å²) in [6.45, 7) is 6.26. The van der Waals surface area contributed by atoms with Crippen LogP contribution in [0.25, 0.3) is 21.7 Å². The van der Waals surface area contributed by atoms with E-state index in [2.05, 4.69) is 11.0 Å². The van der Waals surface area contributed by atoms with E-state index in [1.54, 1.807) is 0 Å². The van der Waals surface area contributed by atoms with Crippen molar-refractivity contribution in [2.45, 2.75) is 13.5 Å². The summed E-state index contributed by atoms with van der Waals surface area (Å²) < 4.78 is 10.9. The molecule has 0 aliphatic carbocycles. The Morgan fingerprint density at radius 1 is 1.00 bits per heavy atom. The summed E-state index contributed by atoms with van der Waals surface area (Å²) in [6.07, 6.45) is 0. The maximum Gasteiger partial charge on any atom is 0.344 e. The largest absolute Gasteiger partial charge is 0.422 e. The van der Waals surface area contributed by atoms with Gasteiger partial charge >= 0.3 is 5.63 Å². The topological polar surface area (TPSA) is 42.7 Å². The lowest BCUT2D eigenvalue weighted by molar-refractivity contribution is 0.0342. The minimum Gasteiger partial charge on any atom is -0.422 e. The van der Waals surface area contributed by atoms with Crippen LogP contribution in [0.3, 0.4) is 0 Å². The fraction of sp³-hybridized carbons (Fsp3) is 0.316. The Bertz CT molecular complexity index is 923. The fourth-order valence-corrected chi connectivity index (χ4v) is 3.20. The summed E-state index contributed by atoms with van der Waals surface area (Å²) in [5.74, 6) is 0. The van der Waals surface area contributed by atoms with E-state index in [0.29, 0.717) is 11.0 Å². The predicted octanol–water partition coefficient (Wildman–Crippen LogP) is 3.09. The molecule has 4 nitrogen and oxygen atoms in total. The first-order chi connectivity index (χ1) is 11.2. The van der Waals surface area contributed by atoms with Crippen molar-refractivity contribution in [2.75, 3.05) is 26.3 Å². The molecule has 3 aromatic rings. The van der Waals surface area contributed by atoms with Crippen LogP contribution >= 0.6 is 0 Å². The van der Waals surface area contributed by atoms with Crippen molar-refractivity contribution in [1.82, 2.24) is 4.90 Å². The van der Waals surface area contributed by atoms with Gasteiger partial charge in [-0.25, -0.2) is 4.79 Å². The summed E-state index contributed by atoms with van der Waals surface area (Å²) in [5, 5.41) is 2.61. The van der Waals surface area contributed by atoms with Gasteiger partial charge in [0.25, 0.3) is 0 Å². The zero-order valence-corrected chi connectivity index (χ0v) is 13.2. The van der Waals surface area contributed by atoms with Crippen molar-refractivity contribution < 1.29 is 9.15 Å². The molecular weight excluding hydrogens is 290 g/mol. The Hall–Kier alpha value is -2.17. The first-order valence-corrected chi connectivity index (χ1v) is 7.97. The van der Waals surface area contributed by atoms with E-state index in [1.165, 1.54) is 0 Å². The number of morpholine rings is 1. The van der Waals surface area contributed by atoms with Crippen LogP contribution in [-0.4, -0.2) is 31.2 Å². The molecule has 0 bridgehead atoms. The van der Waals surface area contributed by atoms with Crippen LogP contribution in [0.1, 0.15) is 11.1 Å². The van der Waals surface area contributed by atoms with Crippen LogP contribution in [-0.2, 0) is 11.3 Å². The number of rotatable bonds is 2. The quantitative estimate of drug-likeness (QED) is 0.539. The van der Waals surface area contributed by atoms with Gasteiger partial charge in [-0.3, -0.25) is 4.90 Å². The van der Waals surface area contributed by atoms with Crippen LogP contribution in [0, 0.1) is 6.92 Å². The van der Waals surface area contributed by atoms with Crippen molar-refractivity contribution in [2.24, 2.45) is 0 Å². The third-order valence-corrected chi connectivity index (χ3v) is 4.44. The van der Waals surface area contributed by atoms with E-state index < -0.39 is 0 Å². The summed E-state index contributed by atoms with van der Waals surface area (Å²) in [5.41, 5.74) is 2.62. The Kier molecular flexibility index (Phi) is 3.63. The molecule has 0 unspecified atom stereocenters. The molecule has 0 radical (unpaired) electrons. The predicted molar refractivity (Wildman–Crippen MR) is 90.8 cm³/mol. The molecule has 1 fully saturated rings. The third kappa shape index (κ3) is 2.76. The monoisotopic (exact) mass is 309 g/mol. The zero-order valence-electron chi connectivity index (χ0n) is 13.2. The molecule has 0 N–H and O–H groups in total. The molecule has 0 saturated carbocycles. The molecule has 0 spiro atoms. The number of nitrogens with zero attached hydrogens (tertiary/aromatic N) is 1. The van der Waals surface area contributed by atoms with Gasteiger partial charge in [-0.2, -0.15) is 0 Å². The molecule has 1 aromatic heterocycles. The third-order valence-electron chi connectivity index (χ3n) is 4.44. The van der Waals surface area contributed by atoms with Crippen LogP contribution in [0.2, 0.25) is 0 Å². The Labute approximate surface area is 134 Å². The van der Waals surface area contributed by atoms with Gasteiger partial charge in [0.15, 0.2) is 0 Å². The number of benzene rings is 2. The van der Waals surface area contributed by atoms with E-state index in [9.17, 15) is 4.79 Å². The van der Waals surface area contributed by atoms with Crippen LogP contribution in [0.5, 0.6) is 0 Å². The van der Waals surface area contributed by atoms with Crippen LogP contribution in [0.15, 0.2) is 45.6 Å². The Morgan fingerprint density at radius 2 is 1.78 bits per heavy atom. The average Bonchev–Trinajstić information content (AvgIpc) is 2.56. The SMILES string of the molecule is Cc1ccc2c(c1)oc(=O)c1cc(CN3CCOCC3)ccc12. The molecule has 0 atom stereocenters. The van der Waals surface area contributed by atoms with Gasteiger partial charge in [0.2, 0.25) is 0 Å². The maximum absolute atomic E-state index is 12.3. The average molecular weight is 309 g/mol. The summed E-state index contributed by atoms with van der Waals surface area (Å²) in [7, 11) is 0. The number of hydrogen-bond donors (Lipinski definition) is 0. The van der Waals surface area contributed by atoms with Crippen molar-refractivity contribution in [1.29, 1.82) is 0 Å². The van der Waals surface area contributed by atoms with Gasteiger partial charge in [-0.05, 0) is 35.6 Å². The van der Waals surface area contributed by atoms with Gasteiger partial charge in [-0.15, -0.1) is 0 Å². The minimum absolute atomic E-state index is 0.262. The van der Waals surface area contributed by atoms with Crippen molar-refractivity contribution in [3.63, 3.8) is 0 Å².